The molecule has 2 unspecified atom stereocenters. The molecule has 0 spiro atoms. The van der Waals surface area contributed by atoms with Crippen molar-refractivity contribution in [2.45, 2.75) is 38.8 Å². The Bertz CT molecular complexity index is 488. The predicted octanol–water partition coefficient (Wildman–Crippen LogP) is 2.98. The van der Waals surface area contributed by atoms with Gasteiger partial charge in [0.1, 0.15) is 0 Å². The third kappa shape index (κ3) is 3.41. The Balaban J connectivity index is 2.44. The molecular formula is C16H25N3O2. The molecule has 1 aromatic carbocycles. The van der Waals surface area contributed by atoms with Crippen LogP contribution in [0.4, 0.5) is 5.69 Å². The molecule has 1 aliphatic heterocycles. The first-order valence-electron chi connectivity index (χ1n) is 7.70. The fourth-order valence-electron chi connectivity index (χ4n) is 3.50. The lowest BCUT2D eigenvalue weighted by atomic mass is 9.83. The molecule has 1 saturated heterocycles. The molecule has 0 aromatic heterocycles. The summed E-state index contributed by atoms with van der Waals surface area (Å²) in [6, 6.07) is 7.70. The Morgan fingerprint density at radius 3 is 2.76 bits per heavy atom. The molecule has 0 radical (unpaired) electrons. The maximum absolute atomic E-state index is 11.4. The highest BCUT2D eigenvalue weighted by Crippen LogP contribution is 2.40. The van der Waals surface area contributed by atoms with Crippen LogP contribution in [0.2, 0.25) is 0 Å². The number of benzene rings is 1. The first-order valence-corrected chi connectivity index (χ1v) is 7.70. The van der Waals surface area contributed by atoms with Gasteiger partial charge in [0.05, 0.1) is 4.92 Å². The third-order valence-corrected chi connectivity index (χ3v) is 4.38. The summed E-state index contributed by atoms with van der Waals surface area (Å²) in [5.41, 5.74) is 1.10. The van der Waals surface area contributed by atoms with Crippen molar-refractivity contribution in [3.63, 3.8) is 0 Å². The summed E-state index contributed by atoms with van der Waals surface area (Å²) in [5.74, 6) is 0.409. The Hall–Kier alpha value is -1.46. The van der Waals surface area contributed by atoms with Crippen molar-refractivity contribution in [2.24, 2.45) is 5.92 Å². The van der Waals surface area contributed by atoms with E-state index in [4.69, 9.17) is 0 Å². The van der Waals surface area contributed by atoms with E-state index < -0.39 is 0 Å². The van der Waals surface area contributed by atoms with Crippen LogP contribution in [0, 0.1) is 16.0 Å². The van der Waals surface area contributed by atoms with Crippen LogP contribution in [0.3, 0.4) is 0 Å². The lowest BCUT2D eigenvalue weighted by molar-refractivity contribution is -0.386. The summed E-state index contributed by atoms with van der Waals surface area (Å²) >= 11 is 0. The number of nitrogens with one attached hydrogen (secondary N) is 1. The zero-order valence-electron chi connectivity index (χ0n) is 13.1. The van der Waals surface area contributed by atoms with Crippen molar-refractivity contribution < 1.29 is 4.92 Å². The highest BCUT2D eigenvalue weighted by atomic mass is 16.6. The largest absolute Gasteiger partial charge is 0.319 e. The van der Waals surface area contributed by atoms with Crippen molar-refractivity contribution in [1.29, 1.82) is 0 Å². The normalized spacial score (nSPS) is 23.4. The Kier molecular flexibility index (Phi) is 5.31. The zero-order valence-corrected chi connectivity index (χ0v) is 13.1. The van der Waals surface area contributed by atoms with Gasteiger partial charge >= 0.3 is 0 Å². The van der Waals surface area contributed by atoms with Gasteiger partial charge in [0, 0.05) is 23.7 Å². The van der Waals surface area contributed by atoms with Gasteiger partial charge in [0.15, 0.2) is 0 Å². The van der Waals surface area contributed by atoms with Gasteiger partial charge in [-0.25, -0.2) is 0 Å². The van der Waals surface area contributed by atoms with E-state index in [-0.39, 0.29) is 16.7 Å². The molecule has 116 valence electrons. The van der Waals surface area contributed by atoms with Crippen LogP contribution in [0.5, 0.6) is 0 Å². The summed E-state index contributed by atoms with van der Waals surface area (Å²) in [6.45, 7) is 6.24. The molecule has 5 nitrogen and oxygen atoms in total. The summed E-state index contributed by atoms with van der Waals surface area (Å²) in [6.07, 6.45) is 2.27. The molecule has 1 heterocycles. The molecule has 21 heavy (non-hydrogen) atoms. The standard InChI is InChI=1S/C16H25N3O2/c1-12(2)18-10-6-7-13(11-17-3)16(18)14-8-4-5-9-15(14)19(20)21/h4-5,8-9,12-13,16-17H,6-7,10-11H2,1-3H3. The number of para-hydroxylation sites is 1. The molecule has 0 saturated carbocycles. The molecule has 1 aliphatic rings. The fourth-order valence-corrected chi connectivity index (χ4v) is 3.50. The number of hydrogen-bond acceptors (Lipinski definition) is 4. The van der Waals surface area contributed by atoms with Gasteiger partial charge in [-0.1, -0.05) is 18.2 Å². The van der Waals surface area contributed by atoms with E-state index in [1.165, 1.54) is 0 Å². The molecule has 2 rings (SSSR count). The SMILES string of the molecule is CNCC1CCCN(C(C)C)C1c1ccccc1[N+](=O)[O-]. The molecule has 1 aromatic rings. The zero-order chi connectivity index (χ0) is 15.4. The van der Waals surface area contributed by atoms with Crippen LogP contribution in [0.15, 0.2) is 24.3 Å². The van der Waals surface area contributed by atoms with E-state index in [9.17, 15) is 10.1 Å². The first kappa shape index (κ1) is 15.9. The first-order chi connectivity index (χ1) is 10.1. The number of hydrogen-bond donors (Lipinski definition) is 1. The van der Waals surface area contributed by atoms with E-state index in [0.29, 0.717) is 12.0 Å². The minimum absolute atomic E-state index is 0.118. The number of likely N-dealkylation sites (tertiary alicyclic amines) is 1. The Labute approximate surface area is 126 Å². The lowest BCUT2D eigenvalue weighted by Crippen LogP contribution is -2.45. The van der Waals surface area contributed by atoms with Gasteiger partial charge in [0.2, 0.25) is 0 Å². The van der Waals surface area contributed by atoms with E-state index in [2.05, 4.69) is 24.1 Å². The lowest BCUT2D eigenvalue weighted by Gasteiger charge is -2.43. The van der Waals surface area contributed by atoms with Gasteiger partial charge in [0.25, 0.3) is 5.69 Å². The highest BCUT2D eigenvalue weighted by molar-refractivity contribution is 5.42. The molecule has 0 amide bonds. The molecule has 5 heteroatoms. The van der Waals surface area contributed by atoms with Crippen LogP contribution < -0.4 is 5.32 Å². The number of nitro groups is 1. The average molecular weight is 291 g/mol. The van der Waals surface area contributed by atoms with Crippen LogP contribution >= 0.6 is 0 Å². The van der Waals surface area contributed by atoms with Gasteiger partial charge < -0.3 is 5.32 Å². The highest BCUT2D eigenvalue weighted by Gasteiger charge is 2.36. The second-order valence-corrected chi connectivity index (χ2v) is 6.05. The van der Waals surface area contributed by atoms with E-state index in [0.717, 1.165) is 31.5 Å². The minimum Gasteiger partial charge on any atom is -0.319 e. The summed E-state index contributed by atoms with van der Waals surface area (Å²) in [4.78, 5) is 13.5. The monoisotopic (exact) mass is 291 g/mol. The number of rotatable bonds is 5. The van der Waals surface area contributed by atoms with E-state index >= 15 is 0 Å². The Morgan fingerprint density at radius 2 is 2.14 bits per heavy atom. The van der Waals surface area contributed by atoms with Crippen LogP contribution in [0.1, 0.15) is 38.3 Å². The van der Waals surface area contributed by atoms with Crippen molar-refractivity contribution in [2.75, 3.05) is 20.1 Å². The summed E-state index contributed by atoms with van der Waals surface area (Å²) in [7, 11) is 1.95. The molecule has 1 N–H and O–H groups in total. The second-order valence-electron chi connectivity index (χ2n) is 6.05. The molecular weight excluding hydrogens is 266 g/mol. The van der Waals surface area contributed by atoms with Gasteiger partial charge in [-0.05, 0) is 52.7 Å². The predicted molar refractivity (Wildman–Crippen MR) is 84.3 cm³/mol. The smallest absolute Gasteiger partial charge is 0.274 e. The second kappa shape index (κ2) is 7.00. The number of nitrogens with zero attached hydrogens (tertiary/aromatic N) is 2. The maximum Gasteiger partial charge on any atom is 0.274 e. The average Bonchev–Trinajstić information content (AvgIpc) is 2.47. The minimum atomic E-state index is -0.251. The molecule has 0 bridgehead atoms. The quantitative estimate of drug-likeness (QED) is 0.669. The maximum atomic E-state index is 11.4. The molecule has 1 fully saturated rings. The van der Waals surface area contributed by atoms with Gasteiger partial charge in [-0.3, -0.25) is 15.0 Å². The van der Waals surface area contributed by atoms with Crippen molar-refractivity contribution >= 4 is 5.69 Å². The van der Waals surface area contributed by atoms with Crippen LogP contribution in [0.25, 0.3) is 0 Å². The van der Waals surface area contributed by atoms with Crippen LogP contribution in [-0.2, 0) is 0 Å². The fraction of sp³-hybridized carbons (Fsp3) is 0.625. The van der Waals surface area contributed by atoms with E-state index in [1.807, 2.05) is 19.2 Å². The number of nitro benzene ring substituents is 1. The van der Waals surface area contributed by atoms with Gasteiger partial charge in [-0.2, -0.15) is 0 Å². The van der Waals surface area contributed by atoms with Crippen molar-refractivity contribution in [1.82, 2.24) is 10.2 Å². The third-order valence-electron chi connectivity index (χ3n) is 4.38. The molecule has 2 atom stereocenters. The topological polar surface area (TPSA) is 58.4 Å². The summed E-state index contributed by atoms with van der Waals surface area (Å²) < 4.78 is 0. The Morgan fingerprint density at radius 1 is 1.43 bits per heavy atom. The van der Waals surface area contributed by atoms with Crippen molar-refractivity contribution in [3.05, 3.63) is 39.9 Å². The van der Waals surface area contributed by atoms with Gasteiger partial charge in [-0.15, -0.1) is 0 Å². The van der Waals surface area contributed by atoms with Crippen LogP contribution in [-0.4, -0.2) is 36.0 Å². The number of piperidine rings is 1. The van der Waals surface area contributed by atoms with Crippen molar-refractivity contribution in [3.8, 4) is 0 Å². The van der Waals surface area contributed by atoms with E-state index in [1.54, 1.807) is 12.1 Å². The molecule has 0 aliphatic carbocycles. The summed E-state index contributed by atoms with van der Waals surface area (Å²) in [5, 5.41) is 14.6.